The summed E-state index contributed by atoms with van der Waals surface area (Å²) in [5.41, 5.74) is 5.77. The van der Waals surface area contributed by atoms with Crippen LogP contribution in [0.3, 0.4) is 0 Å². The maximum Gasteiger partial charge on any atom is 0.0488 e. The summed E-state index contributed by atoms with van der Waals surface area (Å²) in [7, 11) is 0. The molecular formula is C8H11ClN2. The van der Waals surface area contributed by atoms with E-state index in [2.05, 4.69) is 5.43 Å². The third kappa shape index (κ3) is 1.85. The molecule has 0 radical (unpaired) electrons. The number of anilines is 1. The van der Waals surface area contributed by atoms with Crippen molar-refractivity contribution < 1.29 is 0 Å². The van der Waals surface area contributed by atoms with Gasteiger partial charge in [-0.15, -0.1) is 11.6 Å². The van der Waals surface area contributed by atoms with E-state index in [9.17, 15) is 0 Å². The Morgan fingerprint density at radius 2 is 2.27 bits per heavy atom. The molecule has 0 saturated heterocycles. The minimum Gasteiger partial charge on any atom is -0.324 e. The molecule has 3 heteroatoms. The van der Waals surface area contributed by atoms with Crippen molar-refractivity contribution in [1.29, 1.82) is 0 Å². The van der Waals surface area contributed by atoms with Crippen molar-refractivity contribution in [1.82, 2.24) is 0 Å². The molecule has 60 valence electrons. The van der Waals surface area contributed by atoms with Gasteiger partial charge in [-0.2, -0.15) is 0 Å². The van der Waals surface area contributed by atoms with Crippen molar-refractivity contribution in [2.45, 2.75) is 12.8 Å². The summed E-state index contributed by atoms with van der Waals surface area (Å²) in [5, 5.41) is 0. The van der Waals surface area contributed by atoms with Crippen LogP contribution in [0.2, 0.25) is 0 Å². The van der Waals surface area contributed by atoms with Crippen molar-refractivity contribution in [2.24, 2.45) is 5.84 Å². The Labute approximate surface area is 71.3 Å². The molecule has 0 atom stereocenters. The number of hydrogen-bond donors (Lipinski definition) is 2. The van der Waals surface area contributed by atoms with Crippen LogP contribution in [-0.4, -0.2) is 0 Å². The first-order valence-corrected chi connectivity index (χ1v) is 3.93. The van der Waals surface area contributed by atoms with E-state index in [-0.39, 0.29) is 0 Å². The van der Waals surface area contributed by atoms with E-state index in [1.807, 2.05) is 25.1 Å². The first-order valence-electron chi connectivity index (χ1n) is 3.40. The minimum absolute atomic E-state index is 0.529. The molecule has 0 unspecified atom stereocenters. The van der Waals surface area contributed by atoms with Gasteiger partial charge in [-0.25, -0.2) is 0 Å². The van der Waals surface area contributed by atoms with Crippen molar-refractivity contribution in [3.8, 4) is 0 Å². The number of nitrogen functional groups attached to an aromatic ring is 1. The summed E-state index contributed by atoms with van der Waals surface area (Å²) in [6.45, 7) is 2.03. The minimum atomic E-state index is 0.529. The van der Waals surface area contributed by atoms with Crippen molar-refractivity contribution in [3.63, 3.8) is 0 Å². The molecule has 0 aliphatic rings. The summed E-state index contributed by atoms with van der Waals surface area (Å²) >= 11 is 5.69. The van der Waals surface area contributed by atoms with Crippen LogP contribution in [0, 0.1) is 6.92 Å². The highest BCUT2D eigenvalue weighted by atomic mass is 35.5. The number of benzene rings is 1. The molecule has 0 fully saturated rings. The van der Waals surface area contributed by atoms with E-state index >= 15 is 0 Å². The monoisotopic (exact) mass is 170 g/mol. The third-order valence-corrected chi connectivity index (χ3v) is 1.95. The Balaban J connectivity index is 3.02. The molecule has 0 aliphatic heterocycles. The largest absolute Gasteiger partial charge is 0.324 e. The molecule has 0 aromatic heterocycles. The van der Waals surface area contributed by atoms with E-state index in [0.717, 1.165) is 11.3 Å². The average Bonchev–Trinajstić information content (AvgIpc) is 2.05. The fraction of sp³-hybridized carbons (Fsp3) is 0.250. The van der Waals surface area contributed by atoms with Gasteiger partial charge in [0.25, 0.3) is 0 Å². The second-order valence-corrected chi connectivity index (χ2v) is 2.69. The van der Waals surface area contributed by atoms with E-state index in [4.69, 9.17) is 17.4 Å². The highest BCUT2D eigenvalue weighted by Crippen LogP contribution is 2.15. The molecule has 0 heterocycles. The van der Waals surface area contributed by atoms with Crippen LogP contribution < -0.4 is 11.3 Å². The number of nitrogens with one attached hydrogen (secondary N) is 1. The van der Waals surface area contributed by atoms with Gasteiger partial charge in [0.15, 0.2) is 0 Å². The Bertz CT molecular complexity index is 248. The van der Waals surface area contributed by atoms with Gasteiger partial charge in [0, 0.05) is 11.6 Å². The van der Waals surface area contributed by atoms with E-state index < -0.39 is 0 Å². The van der Waals surface area contributed by atoms with Crippen LogP contribution in [0.25, 0.3) is 0 Å². The molecule has 0 bridgehead atoms. The van der Waals surface area contributed by atoms with Gasteiger partial charge >= 0.3 is 0 Å². The molecule has 1 aromatic carbocycles. The van der Waals surface area contributed by atoms with Gasteiger partial charge in [0.1, 0.15) is 0 Å². The lowest BCUT2D eigenvalue weighted by Crippen LogP contribution is -2.06. The fourth-order valence-electron chi connectivity index (χ4n) is 0.905. The first-order chi connectivity index (χ1) is 5.27. The molecule has 2 nitrogen and oxygen atoms in total. The lowest BCUT2D eigenvalue weighted by Gasteiger charge is -2.04. The van der Waals surface area contributed by atoms with E-state index in [0.29, 0.717) is 5.88 Å². The summed E-state index contributed by atoms with van der Waals surface area (Å²) in [6, 6.07) is 5.86. The zero-order valence-electron chi connectivity index (χ0n) is 6.39. The Morgan fingerprint density at radius 3 is 2.82 bits per heavy atom. The van der Waals surface area contributed by atoms with Crippen LogP contribution >= 0.6 is 11.6 Å². The van der Waals surface area contributed by atoms with E-state index in [1.165, 1.54) is 5.56 Å². The normalized spacial score (nSPS) is 9.73. The van der Waals surface area contributed by atoms with Crippen molar-refractivity contribution in [2.75, 3.05) is 5.43 Å². The van der Waals surface area contributed by atoms with Gasteiger partial charge in [-0.05, 0) is 30.2 Å². The number of hydrogen-bond acceptors (Lipinski definition) is 2. The van der Waals surface area contributed by atoms with Crippen molar-refractivity contribution in [3.05, 3.63) is 29.3 Å². The number of halogens is 1. The van der Waals surface area contributed by atoms with Crippen molar-refractivity contribution >= 4 is 17.3 Å². The topological polar surface area (TPSA) is 38.0 Å². The maximum absolute atomic E-state index is 5.69. The molecule has 3 N–H and O–H groups in total. The van der Waals surface area contributed by atoms with Crippen LogP contribution in [0.5, 0.6) is 0 Å². The predicted molar refractivity (Wildman–Crippen MR) is 48.5 cm³/mol. The number of alkyl halides is 1. The Hall–Kier alpha value is -0.730. The summed E-state index contributed by atoms with van der Waals surface area (Å²) in [4.78, 5) is 0. The molecule has 0 spiro atoms. The van der Waals surface area contributed by atoms with Crippen LogP contribution in [0.1, 0.15) is 11.1 Å². The second-order valence-electron chi connectivity index (χ2n) is 2.42. The zero-order chi connectivity index (χ0) is 8.27. The third-order valence-electron chi connectivity index (χ3n) is 1.66. The highest BCUT2D eigenvalue weighted by molar-refractivity contribution is 6.17. The number of nitrogens with two attached hydrogens (primary N) is 1. The summed E-state index contributed by atoms with van der Waals surface area (Å²) in [5.74, 6) is 5.76. The zero-order valence-corrected chi connectivity index (χ0v) is 7.15. The van der Waals surface area contributed by atoms with Gasteiger partial charge < -0.3 is 5.43 Å². The summed E-state index contributed by atoms with van der Waals surface area (Å²) in [6.07, 6.45) is 0. The molecule has 1 aromatic rings. The van der Waals surface area contributed by atoms with Gasteiger partial charge in [0.05, 0.1) is 0 Å². The Kier molecular flexibility index (Phi) is 2.74. The second kappa shape index (κ2) is 3.60. The molecule has 0 aliphatic carbocycles. The molecule has 0 saturated carbocycles. The fourth-order valence-corrected chi connectivity index (χ4v) is 1.19. The van der Waals surface area contributed by atoms with Gasteiger partial charge in [-0.3, -0.25) is 5.84 Å². The smallest absolute Gasteiger partial charge is 0.0488 e. The standard InChI is InChI=1S/C8H11ClN2/c1-6-2-3-8(11-10)4-7(6)5-9/h2-4,11H,5,10H2,1H3. The highest BCUT2D eigenvalue weighted by Gasteiger charge is 1.96. The maximum atomic E-state index is 5.69. The SMILES string of the molecule is Cc1ccc(NN)cc1CCl. The van der Waals surface area contributed by atoms with Crippen LogP contribution in [-0.2, 0) is 5.88 Å². The van der Waals surface area contributed by atoms with Crippen LogP contribution in [0.4, 0.5) is 5.69 Å². The van der Waals surface area contributed by atoms with Crippen LogP contribution in [0.15, 0.2) is 18.2 Å². The average molecular weight is 171 g/mol. The lowest BCUT2D eigenvalue weighted by atomic mass is 10.1. The molecule has 0 amide bonds. The van der Waals surface area contributed by atoms with Gasteiger partial charge in [0.2, 0.25) is 0 Å². The Morgan fingerprint density at radius 1 is 1.55 bits per heavy atom. The molecular weight excluding hydrogens is 160 g/mol. The first kappa shape index (κ1) is 8.37. The number of rotatable bonds is 2. The van der Waals surface area contributed by atoms with E-state index in [1.54, 1.807) is 0 Å². The number of hydrazine groups is 1. The predicted octanol–water partition coefficient (Wildman–Crippen LogP) is 2.02. The summed E-state index contributed by atoms with van der Waals surface area (Å²) < 4.78 is 0. The lowest BCUT2D eigenvalue weighted by molar-refractivity contribution is 1.27. The quantitative estimate of drug-likeness (QED) is 0.405. The number of aryl methyl sites for hydroxylation is 1. The molecule has 1 rings (SSSR count). The molecule has 11 heavy (non-hydrogen) atoms. The van der Waals surface area contributed by atoms with Gasteiger partial charge in [-0.1, -0.05) is 6.07 Å².